The monoisotopic (exact) mass is 354 g/mol. The highest BCUT2D eigenvalue weighted by molar-refractivity contribution is 6.01. The van der Waals surface area contributed by atoms with Crippen LogP contribution in [-0.2, 0) is 9.59 Å². The molecule has 1 saturated heterocycles. The normalized spacial score (nSPS) is 18.3. The minimum absolute atomic E-state index is 0.0301. The third kappa shape index (κ3) is 4.79. The number of fused-ring (bicyclic) bond motifs is 1. The Labute approximate surface area is 153 Å². The zero-order valence-electron chi connectivity index (χ0n) is 15.1. The Bertz CT molecular complexity index is 766. The molecule has 6 nitrogen and oxygen atoms in total. The second-order valence-electron chi connectivity index (χ2n) is 6.99. The molecule has 0 aliphatic carbocycles. The lowest BCUT2D eigenvalue weighted by Crippen LogP contribution is -2.37. The summed E-state index contributed by atoms with van der Waals surface area (Å²) in [6, 6.07) is 9.44. The van der Waals surface area contributed by atoms with Gasteiger partial charge in [-0.25, -0.2) is 0 Å². The molecule has 2 heterocycles. The molecule has 3 N–H and O–H groups in total. The van der Waals surface area contributed by atoms with E-state index in [1.54, 1.807) is 6.20 Å². The molecule has 1 aromatic carbocycles. The third-order valence-electron chi connectivity index (χ3n) is 5.00. The van der Waals surface area contributed by atoms with Crippen LogP contribution in [0.4, 0.5) is 5.69 Å². The van der Waals surface area contributed by atoms with Crippen LogP contribution < -0.4 is 16.0 Å². The average Bonchev–Trinajstić information content (AvgIpc) is 2.67. The fourth-order valence-electron chi connectivity index (χ4n) is 3.47. The van der Waals surface area contributed by atoms with E-state index in [1.807, 2.05) is 30.3 Å². The standard InChI is InChI=1S/C20H26N4O2/c1-14(16-7-3-9-21-12-16)11-18(25)23-13-19(26)24-17-8-2-5-15-6-4-10-22-20(15)17/h2,4-6,8,10,14,16,21H,3,7,9,11-13H2,1H3,(H,23,25)(H,24,26). The summed E-state index contributed by atoms with van der Waals surface area (Å²) in [5, 5.41) is 9.90. The van der Waals surface area contributed by atoms with Crippen LogP contribution in [0.2, 0.25) is 0 Å². The Hall–Kier alpha value is -2.47. The van der Waals surface area contributed by atoms with Gasteiger partial charge < -0.3 is 16.0 Å². The van der Waals surface area contributed by atoms with Gasteiger partial charge in [-0.1, -0.05) is 25.1 Å². The SMILES string of the molecule is CC(CC(=O)NCC(=O)Nc1cccc2cccnc12)C1CCCNC1. The molecule has 0 spiro atoms. The number of carbonyl (C=O) groups is 2. The number of hydrogen-bond donors (Lipinski definition) is 3. The number of anilines is 1. The van der Waals surface area contributed by atoms with Crippen molar-refractivity contribution in [2.75, 3.05) is 25.0 Å². The first-order valence-corrected chi connectivity index (χ1v) is 9.24. The Morgan fingerprint density at radius 1 is 1.27 bits per heavy atom. The van der Waals surface area contributed by atoms with Gasteiger partial charge >= 0.3 is 0 Å². The lowest BCUT2D eigenvalue weighted by atomic mass is 9.85. The van der Waals surface area contributed by atoms with Crippen LogP contribution in [-0.4, -0.2) is 36.4 Å². The Balaban J connectivity index is 1.48. The molecule has 0 radical (unpaired) electrons. The molecular formula is C20H26N4O2. The van der Waals surface area contributed by atoms with Gasteiger partial charge in [0.15, 0.2) is 0 Å². The molecular weight excluding hydrogens is 328 g/mol. The molecule has 2 aromatic rings. The van der Waals surface area contributed by atoms with Crippen molar-refractivity contribution in [3.63, 3.8) is 0 Å². The topological polar surface area (TPSA) is 83.1 Å². The third-order valence-corrected chi connectivity index (χ3v) is 5.00. The van der Waals surface area contributed by atoms with E-state index >= 15 is 0 Å². The Morgan fingerprint density at radius 3 is 2.92 bits per heavy atom. The largest absolute Gasteiger partial charge is 0.347 e. The molecule has 6 heteroatoms. The first-order chi connectivity index (χ1) is 12.6. The number of pyridine rings is 1. The molecule has 1 aliphatic heterocycles. The summed E-state index contributed by atoms with van der Waals surface area (Å²) in [5.41, 5.74) is 1.40. The number of para-hydroxylation sites is 1. The quantitative estimate of drug-likeness (QED) is 0.743. The minimum atomic E-state index is -0.247. The van der Waals surface area contributed by atoms with Crippen LogP contribution >= 0.6 is 0 Å². The molecule has 0 bridgehead atoms. The fourth-order valence-corrected chi connectivity index (χ4v) is 3.47. The highest BCUT2D eigenvalue weighted by atomic mass is 16.2. The summed E-state index contributed by atoms with van der Waals surface area (Å²) in [7, 11) is 0. The molecule has 0 saturated carbocycles. The van der Waals surface area contributed by atoms with Crippen molar-refractivity contribution in [2.45, 2.75) is 26.2 Å². The lowest BCUT2D eigenvalue weighted by molar-refractivity contribution is -0.125. The lowest BCUT2D eigenvalue weighted by Gasteiger charge is -2.27. The van der Waals surface area contributed by atoms with Crippen molar-refractivity contribution in [3.8, 4) is 0 Å². The van der Waals surface area contributed by atoms with Gasteiger partial charge in [0.2, 0.25) is 11.8 Å². The van der Waals surface area contributed by atoms with Gasteiger partial charge in [0.1, 0.15) is 0 Å². The van der Waals surface area contributed by atoms with E-state index in [0.717, 1.165) is 36.8 Å². The Morgan fingerprint density at radius 2 is 2.12 bits per heavy atom. The highest BCUT2D eigenvalue weighted by Gasteiger charge is 2.22. The number of piperidine rings is 1. The second-order valence-corrected chi connectivity index (χ2v) is 6.99. The molecule has 26 heavy (non-hydrogen) atoms. The molecule has 1 aliphatic rings. The zero-order valence-corrected chi connectivity index (χ0v) is 15.1. The molecule has 138 valence electrons. The van der Waals surface area contributed by atoms with Crippen LogP contribution in [0.25, 0.3) is 10.9 Å². The predicted octanol–water partition coefficient (Wildman–Crippen LogP) is 2.32. The summed E-state index contributed by atoms with van der Waals surface area (Å²) in [5.74, 6) is 0.524. The average molecular weight is 354 g/mol. The van der Waals surface area contributed by atoms with Crippen molar-refractivity contribution in [3.05, 3.63) is 36.5 Å². The minimum Gasteiger partial charge on any atom is -0.347 e. The van der Waals surface area contributed by atoms with Crippen LogP contribution in [0.3, 0.4) is 0 Å². The van der Waals surface area contributed by atoms with E-state index in [-0.39, 0.29) is 18.4 Å². The first-order valence-electron chi connectivity index (χ1n) is 9.24. The van der Waals surface area contributed by atoms with Gasteiger partial charge in [0, 0.05) is 18.0 Å². The van der Waals surface area contributed by atoms with E-state index in [2.05, 4.69) is 27.9 Å². The summed E-state index contributed by atoms with van der Waals surface area (Å²) >= 11 is 0. The van der Waals surface area contributed by atoms with Gasteiger partial charge in [0.25, 0.3) is 0 Å². The summed E-state index contributed by atoms with van der Waals surface area (Å²) < 4.78 is 0. The molecule has 2 atom stereocenters. The smallest absolute Gasteiger partial charge is 0.243 e. The van der Waals surface area contributed by atoms with Crippen molar-refractivity contribution in [1.29, 1.82) is 0 Å². The van der Waals surface area contributed by atoms with E-state index < -0.39 is 0 Å². The van der Waals surface area contributed by atoms with Crippen LogP contribution in [0.1, 0.15) is 26.2 Å². The van der Waals surface area contributed by atoms with Gasteiger partial charge in [-0.05, 0) is 49.9 Å². The predicted molar refractivity (Wildman–Crippen MR) is 103 cm³/mol. The van der Waals surface area contributed by atoms with Crippen molar-refractivity contribution >= 4 is 28.4 Å². The molecule has 2 unspecified atom stereocenters. The zero-order chi connectivity index (χ0) is 18.4. The molecule has 3 rings (SSSR count). The maximum Gasteiger partial charge on any atom is 0.243 e. The summed E-state index contributed by atoms with van der Waals surface area (Å²) in [4.78, 5) is 28.6. The van der Waals surface area contributed by atoms with Gasteiger partial charge in [-0.15, -0.1) is 0 Å². The van der Waals surface area contributed by atoms with Crippen LogP contribution in [0.5, 0.6) is 0 Å². The molecule has 2 amide bonds. The van der Waals surface area contributed by atoms with Crippen LogP contribution in [0.15, 0.2) is 36.5 Å². The van der Waals surface area contributed by atoms with Crippen LogP contribution in [0, 0.1) is 11.8 Å². The van der Waals surface area contributed by atoms with E-state index in [0.29, 0.717) is 23.9 Å². The van der Waals surface area contributed by atoms with E-state index in [9.17, 15) is 9.59 Å². The van der Waals surface area contributed by atoms with E-state index in [4.69, 9.17) is 0 Å². The Kier molecular flexibility index (Phi) is 6.17. The number of benzene rings is 1. The number of carbonyl (C=O) groups excluding carboxylic acids is 2. The fraction of sp³-hybridized carbons (Fsp3) is 0.450. The van der Waals surface area contributed by atoms with Crippen molar-refractivity contribution in [2.24, 2.45) is 11.8 Å². The number of aromatic nitrogens is 1. The number of hydrogen-bond acceptors (Lipinski definition) is 4. The highest BCUT2D eigenvalue weighted by Crippen LogP contribution is 2.22. The maximum atomic E-state index is 12.2. The summed E-state index contributed by atoms with van der Waals surface area (Å²) in [6.45, 7) is 4.12. The number of nitrogens with zero attached hydrogens (tertiary/aromatic N) is 1. The number of nitrogens with one attached hydrogen (secondary N) is 3. The number of rotatable bonds is 6. The van der Waals surface area contributed by atoms with Crippen molar-refractivity contribution in [1.82, 2.24) is 15.6 Å². The van der Waals surface area contributed by atoms with Gasteiger partial charge in [0.05, 0.1) is 17.7 Å². The molecule has 1 aromatic heterocycles. The second kappa shape index (κ2) is 8.76. The van der Waals surface area contributed by atoms with E-state index in [1.165, 1.54) is 0 Å². The maximum absolute atomic E-state index is 12.2. The first kappa shape index (κ1) is 18.3. The van der Waals surface area contributed by atoms with Gasteiger partial charge in [-0.2, -0.15) is 0 Å². The summed E-state index contributed by atoms with van der Waals surface area (Å²) in [6.07, 6.45) is 4.48. The van der Waals surface area contributed by atoms with Crippen molar-refractivity contribution < 1.29 is 9.59 Å². The van der Waals surface area contributed by atoms with Gasteiger partial charge in [-0.3, -0.25) is 14.6 Å². The number of amides is 2. The molecule has 1 fully saturated rings.